The summed E-state index contributed by atoms with van der Waals surface area (Å²) in [6, 6.07) is 0. The maximum absolute atomic E-state index is 11.3. The third-order valence-electron chi connectivity index (χ3n) is 3.41. The Bertz CT molecular complexity index is 433. The fourth-order valence-electron chi connectivity index (χ4n) is 2.42. The summed E-state index contributed by atoms with van der Waals surface area (Å²) in [4.78, 5) is 13.6. The van der Waals surface area contributed by atoms with E-state index in [0.29, 0.717) is 12.6 Å². The topological polar surface area (TPSA) is 98.3 Å². The Balaban J connectivity index is 1.79. The van der Waals surface area contributed by atoms with Crippen LogP contribution in [0, 0.1) is 0 Å². The largest absolute Gasteiger partial charge is 0.377 e. The van der Waals surface area contributed by atoms with Gasteiger partial charge in [0.1, 0.15) is 0 Å². The van der Waals surface area contributed by atoms with Crippen molar-refractivity contribution in [1.29, 1.82) is 0 Å². The monoisotopic (exact) mass is 282 g/mol. The van der Waals surface area contributed by atoms with E-state index in [-0.39, 0.29) is 5.69 Å². The van der Waals surface area contributed by atoms with Crippen LogP contribution in [-0.2, 0) is 11.3 Å². The summed E-state index contributed by atoms with van der Waals surface area (Å²) in [5.74, 6) is 4.62. The van der Waals surface area contributed by atoms with Crippen LogP contribution in [-0.4, -0.2) is 58.1 Å². The average Bonchev–Trinajstić information content (AvgIpc) is 2.94. The van der Waals surface area contributed by atoms with Gasteiger partial charge in [-0.15, -0.1) is 5.10 Å². The highest BCUT2D eigenvalue weighted by atomic mass is 16.5. The zero-order valence-corrected chi connectivity index (χ0v) is 11.8. The van der Waals surface area contributed by atoms with Crippen LogP contribution in [0.4, 0.5) is 0 Å². The number of amides is 1. The highest BCUT2D eigenvalue weighted by Crippen LogP contribution is 2.12. The summed E-state index contributed by atoms with van der Waals surface area (Å²) < 4.78 is 7.33. The summed E-state index contributed by atoms with van der Waals surface area (Å²) in [6.45, 7) is 6.39. The van der Waals surface area contributed by atoms with E-state index in [1.54, 1.807) is 10.9 Å². The second kappa shape index (κ2) is 7.32. The van der Waals surface area contributed by atoms with Crippen LogP contribution in [0.2, 0.25) is 0 Å². The number of rotatable bonds is 6. The van der Waals surface area contributed by atoms with Crippen molar-refractivity contribution in [3.05, 3.63) is 11.9 Å². The van der Waals surface area contributed by atoms with Gasteiger partial charge in [-0.1, -0.05) is 5.21 Å². The van der Waals surface area contributed by atoms with Crippen LogP contribution in [0.25, 0.3) is 0 Å². The number of hydrazine groups is 1. The fraction of sp³-hybridized carbons (Fsp3) is 0.750. The van der Waals surface area contributed by atoms with E-state index in [2.05, 4.69) is 15.2 Å². The molecular formula is C12H22N6O2. The summed E-state index contributed by atoms with van der Waals surface area (Å²) in [5.41, 5.74) is 2.27. The first kappa shape index (κ1) is 14.9. The lowest BCUT2D eigenvalue weighted by atomic mass is 10.1. The maximum Gasteiger partial charge on any atom is 0.287 e. The average molecular weight is 282 g/mol. The van der Waals surface area contributed by atoms with Crippen molar-refractivity contribution >= 4 is 5.91 Å². The molecule has 2 heterocycles. The standard InChI is InChI=1S/C12H22N6O2/c1-2-20-10-4-3-5-17(8-10)6-7-18-9-11(15-16-18)12(19)14-13/h9-10H,2-8,13H2,1H3,(H,14,19). The van der Waals surface area contributed by atoms with Crippen LogP contribution < -0.4 is 11.3 Å². The van der Waals surface area contributed by atoms with Crippen molar-refractivity contribution in [2.24, 2.45) is 5.84 Å². The van der Waals surface area contributed by atoms with Crippen LogP contribution in [0.15, 0.2) is 6.20 Å². The van der Waals surface area contributed by atoms with Gasteiger partial charge in [-0.25, -0.2) is 5.84 Å². The molecule has 2 rings (SSSR count). The molecule has 0 bridgehead atoms. The number of aromatic nitrogens is 3. The number of hydrogen-bond acceptors (Lipinski definition) is 6. The van der Waals surface area contributed by atoms with Gasteiger partial charge in [0.15, 0.2) is 5.69 Å². The smallest absolute Gasteiger partial charge is 0.287 e. The molecule has 1 aromatic rings. The number of hydrogen-bond donors (Lipinski definition) is 2. The Morgan fingerprint density at radius 3 is 3.20 bits per heavy atom. The predicted molar refractivity (Wildman–Crippen MR) is 72.8 cm³/mol. The molecule has 1 aliphatic rings. The third kappa shape index (κ3) is 3.99. The van der Waals surface area contributed by atoms with Gasteiger partial charge < -0.3 is 4.74 Å². The Labute approximate surface area is 118 Å². The van der Waals surface area contributed by atoms with Gasteiger partial charge in [-0.05, 0) is 26.3 Å². The second-order valence-corrected chi connectivity index (χ2v) is 4.86. The number of nitrogens with two attached hydrogens (primary N) is 1. The molecule has 8 heteroatoms. The number of carbonyl (C=O) groups is 1. The van der Waals surface area contributed by atoms with Gasteiger partial charge >= 0.3 is 0 Å². The number of piperidine rings is 1. The molecule has 0 aromatic carbocycles. The predicted octanol–water partition coefficient (Wildman–Crippen LogP) is -0.617. The van der Waals surface area contributed by atoms with E-state index in [0.717, 1.165) is 39.1 Å². The molecule has 112 valence electrons. The van der Waals surface area contributed by atoms with Crippen molar-refractivity contribution in [3.63, 3.8) is 0 Å². The normalized spacial score (nSPS) is 20.0. The third-order valence-corrected chi connectivity index (χ3v) is 3.41. The van der Waals surface area contributed by atoms with Crippen LogP contribution in [0.3, 0.4) is 0 Å². The maximum atomic E-state index is 11.3. The molecule has 1 saturated heterocycles. The van der Waals surface area contributed by atoms with Crippen molar-refractivity contribution in [1.82, 2.24) is 25.3 Å². The van der Waals surface area contributed by atoms with Crippen LogP contribution >= 0.6 is 0 Å². The number of ether oxygens (including phenoxy) is 1. The number of nitrogen functional groups attached to an aromatic ring is 1. The summed E-state index contributed by atoms with van der Waals surface area (Å²) in [5, 5.41) is 7.69. The molecule has 0 saturated carbocycles. The zero-order chi connectivity index (χ0) is 14.4. The van der Waals surface area contributed by atoms with Crippen molar-refractivity contribution in [2.45, 2.75) is 32.4 Å². The van der Waals surface area contributed by atoms with E-state index >= 15 is 0 Å². The number of likely N-dealkylation sites (tertiary alicyclic amines) is 1. The molecule has 0 aliphatic carbocycles. The molecule has 1 atom stereocenters. The van der Waals surface area contributed by atoms with E-state index in [1.807, 2.05) is 12.3 Å². The molecule has 1 aliphatic heterocycles. The Hall–Kier alpha value is -1.51. The summed E-state index contributed by atoms with van der Waals surface area (Å²) in [7, 11) is 0. The number of carbonyl (C=O) groups excluding carboxylic acids is 1. The molecule has 8 nitrogen and oxygen atoms in total. The van der Waals surface area contributed by atoms with Gasteiger partial charge in [-0.2, -0.15) is 0 Å². The molecule has 1 amide bonds. The van der Waals surface area contributed by atoms with Gasteiger partial charge in [0.05, 0.1) is 18.8 Å². The van der Waals surface area contributed by atoms with E-state index in [4.69, 9.17) is 10.6 Å². The van der Waals surface area contributed by atoms with Crippen molar-refractivity contribution in [3.8, 4) is 0 Å². The van der Waals surface area contributed by atoms with E-state index in [1.165, 1.54) is 0 Å². The lowest BCUT2D eigenvalue weighted by Crippen LogP contribution is -2.41. The lowest BCUT2D eigenvalue weighted by Gasteiger charge is -2.32. The van der Waals surface area contributed by atoms with Gasteiger partial charge in [0, 0.05) is 19.7 Å². The van der Waals surface area contributed by atoms with Crippen molar-refractivity contribution < 1.29 is 9.53 Å². The molecule has 1 fully saturated rings. The molecule has 0 radical (unpaired) electrons. The Morgan fingerprint density at radius 2 is 2.45 bits per heavy atom. The van der Waals surface area contributed by atoms with Crippen molar-refractivity contribution in [2.75, 3.05) is 26.2 Å². The highest BCUT2D eigenvalue weighted by Gasteiger charge is 2.19. The summed E-state index contributed by atoms with van der Waals surface area (Å²) in [6.07, 6.45) is 4.23. The minimum Gasteiger partial charge on any atom is -0.377 e. The van der Waals surface area contributed by atoms with Crippen LogP contribution in [0.1, 0.15) is 30.3 Å². The second-order valence-electron chi connectivity index (χ2n) is 4.86. The quantitative estimate of drug-likeness (QED) is 0.410. The van der Waals surface area contributed by atoms with Crippen LogP contribution in [0.5, 0.6) is 0 Å². The Morgan fingerprint density at radius 1 is 1.60 bits per heavy atom. The highest BCUT2D eigenvalue weighted by molar-refractivity contribution is 5.91. The molecule has 1 unspecified atom stereocenters. The molecule has 3 N–H and O–H groups in total. The fourth-order valence-corrected chi connectivity index (χ4v) is 2.42. The number of nitrogens with one attached hydrogen (secondary N) is 1. The minimum absolute atomic E-state index is 0.235. The van der Waals surface area contributed by atoms with E-state index in [9.17, 15) is 4.79 Å². The first-order valence-electron chi connectivity index (χ1n) is 6.98. The first-order chi connectivity index (χ1) is 9.72. The molecular weight excluding hydrogens is 260 g/mol. The minimum atomic E-state index is -0.425. The zero-order valence-electron chi connectivity index (χ0n) is 11.8. The molecule has 0 spiro atoms. The SMILES string of the molecule is CCOC1CCCN(CCn2cc(C(=O)NN)nn2)C1. The summed E-state index contributed by atoms with van der Waals surface area (Å²) >= 11 is 0. The van der Waals surface area contributed by atoms with Gasteiger partial charge in [-0.3, -0.25) is 19.8 Å². The number of nitrogens with zero attached hydrogens (tertiary/aromatic N) is 4. The van der Waals surface area contributed by atoms with Gasteiger partial charge in [0.25, 0.3) is 5.91 Å². The molecule has 1 aromatic heterocycles. The molecule has 20 heavy (non-hydrogen) atoms. The van der Waals surface area contributed by atoms with E-state index < -0.39 is 5.91 Å². The van der Waals surface area contributed by atoms with Gasteiger partial charge in [0.2, 0.25) is 0 Å². The Kier molecular flexibility index (Phi) is 5.45. The first-order valence-corrected chi connectivity index (χ1v) is 6.98. The lowest BCUT2D eigenvalue weighted by molar-refractivity contribution is 0.00489.